The summed E-state index contributed by atoms with van der Waals surface area (Å²) in [6, 6.07) is 6.69. The third kappa shape index (κ3) is 3.81. The Labute approximate surface area is 152 Å². The molecule has 1 atom stereocenters. The Morgan fingerprint density at radius 2 is 2.04 bits per heavy atom. The molecule has 5 nitrogen and oxygen atoms in total. The first-order valence-electron chi connectivity index (χ1n) is 7.80. The smallest absolute Gasteiger partial charge is 0.263 e. The lowest BCUT2D eigenvalue weighted by atomic mass is 10.1. The number of rotatable bonds is 5. The van der Waals surface area contributed by atoms with Crippen LogP contribution in [0, 0.1) is 25.5 Å². The van der Waals surface area contributed by atoms with Crippen LogP contribution in [0.5, 0.6) is 0 Å². The highest BCUT2D eigenvalue weighted by Gasteiger charge is 2.19. The zero-order valence-corrected chi connectivity index (χ0v) is 14.9. The molecule has 0 unspecified atom stereocenters. The second kappa shape index (κ2) is 7.35. The maximum Gasteiger partial charge on any atom is 0.263 e. The van der Waals surface area contributed by atoms with Crippen LogP contribution in [-0.2, 0) is 0 Å². The number of halogens is 2. The number of aromatic nitrogens is 1. The van der Waals surface area contributed by atoms with Crippen molar-refractivity contribution in [2.45, 2.75) is 20.0 Å². The number of carbonyl (C=O) groups excluding carboxylic acids is 1. The minimum absolute atomic E-state index is 0.142. The Balaban J connectivity index is 1.68. The van der Waals surface area contributed by atoms with Gasteiger partial charge in [0.15, 0.2) is 22.4 Å². The van der Waals surface area contributed by atoms with Gasteiger partial charge in [-0.1, -0.05) is 6.07 Å². The number of aliphatic hydroxyl groups is 1. The number of furan rings is 1. The standard InChI is InChI=1S/C18H16F2N2O3S/c1-9-3-6-15(25-9)18-22-10(2)16(26-18)17(24)21-8-14(23)11-4-5-12(19)13(20)7-11/h3-7,14,23H,8H2,1-2H3,(H,21,24)/t14-/m1/s1. The van der Waals surface area contributed by atoms with E-state index >= 15 is 0 Å². The van der Waals surface area contributed by atoms with Gasteiger partial charge in [0, 0.05) is 6.54 Å². The van der Waals surface area contributed by atoms with Gasteiger partial charge in [0.1, 0.15) is 10.6 Å². The summed E-state index contributed by atoms with van der Waals surface area (Å²) in [5, 5.41) is 13.2. The van der Waals surface area contributed by atoms with E-state index in [-0.39, 0.29) is 12.1 Å². The van der Waals surface area contributed by atoms with E-state index in [2.05, 4.69) is 10.3 Å². The highest BCUT2D eigenvalue weighted by Crippen LogP contribution is 2.29. The van der Waals surface area contributed by atoms with Crippen molar-refractivity contribution in [3.63, 3.8) is 0 Å². The van der Waals surface area contributed by atoms with Crippen LogP contribution in [0.2, 0.25) is 0 Å². The number of hydrogen-bond donors (Lipinski definition) is 2. The fourth-order valence-corrected chi connectivity index (χ4v) is 3.31. The van der Waals surface area contributed by atoms with Gasteiger partial charge in [-0.25, -0.2) is 13.8 Å². The second-order valence-electron chi connectivity index (χ2n) is 5.74. The molecule has 3 rings (SSSR count). The number of aryl methyl sites for hydroxylation is 2. The normalized spacial score (nSPS) is 12.2. The van der Waals surface area contributed by atoms with E-state index < -0.39 is 23.6 Å². The van der Waals surface area contributed by atoms with E-state index in [9.17, 15) is 18.7 Å². The summed E-state index contributed by atoms with van der Waals surface area (Å²) in [7, 11) is 0. The quantitative estimate of drug-likeness (QED) is 0.709. The van der Waals surface area contributed by atoms with Gasteiger partial charge < -0.3 is 14.8 Å². The van der Waals surface area contributed by atoms with E-state index in [0.29, 0.717) is 21.3 Å². The van der Waals surface area contributed by atoms with Crippen LogP contribution in [0.15, 0.2) is 34.7 Å². The van der Waals surface area contributed by atoms with E-state index in [1.807, 2.05) is 13.0 Å². The summed E-state index contributed by atoms with van der Waals surface area (Å²) < 4.78 is 31.7. The zero-order chi connectivity index (χ0) is 18.8. The van der Waals surface area contributed by atoms with E-state index in [1.165, 1.54) is 17.4 Å². The van der Waals surface area contributed by atoms with Gasteiger partial charge in [-0.3, -0.25) is 4.79 Å². The summed E-state index contributed by atoms with van der Waals surface area (Å²) in [6.07, 6.45) is -1.16. The third-order valence-corrected chi connectivity index (χ3v) is 4.91. The number of carbonyl (C=O) groups is 1. The van der Waals surface area contributed by atoms with Crippen molar-refractivity contribution in [2.75, 3.05) is 6.54 Å². The minimum Gasteiger partial charge on any atom is -0.459 e. The van der Waals surface area contributed by atoms with Gasteiger partial charge in [0.25, 0.3) is 5.91 Å². The molecule has 0 radical (unpaired) electrons. The van der Waals surface area contributed by atoms with Gasteiger partial charge >= 0.3 is 0 Å². The molecule has 8 heteroatoms. The van der Waals surface area contributed by atoms with Crippen LogP contribution in [0.1, 0.15) is 32.8 Å². The molecule has 2 heterocycles. The fraction of sp³-hybridized carbons (Fsp3) is 0.222. The molecule has 2 N–H and O–H groups in total. The molecular formula is C18H16F2N2O3S. The van der Waals surface area contributed by atoms with Crippen LogP contribution >= 0.6 is 11.3 Å². The monoisotopic (exact) mass is 378 g/mol. The van der Waals surface area contributed by atoms with Crippen LogP contribution in [0.4, 0.5) is 8.78 Å². The minimum atomic E-state index is -1.16. The Morgan fingerprint density at radius 1 is 1.27 bits per heavy atom. The maximum atomic E-state index is 13.2. The van der Waals surface area contributed by atoms with Crippen molar-refractivity contribution in [3.8, 4) is 10.8 Å². The Morgan fingerprint density at radius 3 is 2.69 bits per heavy atom. The van der Waals surface area contributed by atoms with Gasteiger partial charge in [-0.15, -0.1) is 11.3 Å². The lowest BCUT2D eigenvalue weighted by molar-refractivity contribution is 0.0919. The number of nitrogens with one attached hydrogen (secondary N) is 1. The molecule has 0 fully saturated rings. The first-order chi connectivity index (χ1) is 12.3. The lowest BCUT2D eigenvalue weighted by Gasteiger charge is -2.12. The molecule has 26 heavy (non-hydrogen) atoms. The largest absolute Gasteiger partial charge is 0.459 e. The highest BCUT2D eigenvalue weighted by atomic mass is 32.1. The predicted octanol–water partition coefficient (Wildman–Crippen LogP) is 3.76. The maximum absolute atomic E-state index is 13.2. The average molecular weight is 378 g/mol. The first-order valence-corrected chi connectivity index (χ1v) is 8.62. The molecule has 3 aromatic rings. The molecule has 0 aliphatic carbocycles. The molecule has 0 aliphatic heterocycles. The predicted molar refractivity (Wildman–Crippen MR) is 92.9 cm³/mol. The van der Waals surface area contributed by atoms with Crippen molar-refractivity contribution in [1.29, 1.82) is 0 Å². The van der Waals surface area contributed by atoms with E-state index in [4.69, 9.17) is 4.42 Å². The molecule has 2 aromatic heterocycles. The van der Waals surface area contributed by atoms with Gasteiger partial charge in [-0.05, 0) is 43.7 Å². The lowest BCUT2D eigenvalue weighted by Crippen LogP contribution is -2.28. The fourth-order valence-electron chi connectivity index (χ4n) is 2.37. The van der Waals surface area contributed by atoms with Crippen molar-refractivity contribution in [1.82, 2.24) is 10.3 Å². The molecular weight excluding hydrogens is 362 g/mol. The van der Waals surface area contributed by atoms with Gasteiger partial charge in [-0.2, -0.15) is 0 Å². The molecule has 0 saturated carbocycles. The summed E-state index contributed by atoms with van der Waals surface area (Å²) in [4.78, 5) is 17.1. The number of thiazole rings is 1. The molecule has 0 aliphatic rings. The summed E-state index contributed by atoms with van der Waals surface area (Å²) in [6.45, 7) is 3.38. The molecule has 1 amide bonds. The first kappa shape index (κ1) is 18.2. The third-order valence-electron chi connectivity index (χ3n) is 3.74. The number of amides is 1. The molecule has 0 saturated heterocycles. The number of benzene rings is 1. The van der Waals surface area contributed by atoms with Crippen LogP contribution in [-0.4, -0.2) is 22.5 Å². The van der Waals surface area contributed by atoms with Crippen LogP contribution in [0.25, 0.3) is 10.8 Å². The van der Waals surface area contributed by atoms with Crippen molar-refractivity contribution >= 4 is 17.2 Å². The van der Waals surface area contributed by atoms with Crippen molar-refractivity contribution < 1.29 is 23.1 Å². The van der Waals surface area contributed by atoms with Gasteiger partial charge in [0.05, 0.1) is 11.8 Å². The Bertz CT molecular complexity index is 952. The van der Waals surface area contributed by atoms with E-state index in [0.717, 1.165) is 17.9 Å². The Kier molecular flexibility index (Phi) is 5.15. The molecule has 1 aromatic carbocycles. The molecule has 0 bridgehead atoms. The average Bonchev–Trinajstić information content (AvgIpc) is 3.20. The zero-order valence-electron chi connectivity index (χ0n) is 14.0. The SMILES string of the molecule is Cc1ccc(-c2nc(C)c(C(=O)NC[C@@H](O)c3ccc(F)c(F)c3)s2)o1. The number of hydrogen-bond acceptors (Lipinski definition) is 5. The topological polar surface area (TPSA) is 75.4 Å². The van der Waals surface area contributed by atoms with Gasteiger partial charge in [0.2, 0.25) is 0 Å². The highest BCUT2D eigenvalue weighted by molar-refractivity contribution is 7.17. The van der Waals surface area contributed by atoms with Crippen molar-refractivity contribution in [2.24, 2.45) is 0 Å². The Hall–Kier alpha value is -2.58. The van der Waals surface area contributed by atoms with E-state index in [1.54, 1.807) is 13.0 Å². The number of nitrogens with zero attached hydrogens (tertiary/aromatic N) is 1. The van der Waals surface area contributed by atoms with Crippen LogP contribution < -0.4 is 5.32 Å². The van der Waals surface area contributed by atoms with Crippen molar-refractivity contribution in [3.05, 3.63) is 63.9 Å². The molecule has 0 spiro atoms. The van der Waals surface area contributed by atoms with Crippen LogP contribution in [0.3, 0.4) is 0 Å². The summed E-state index contributed by atoms with van der Waals surface area (Å²) in [5.74, 6) is -1.13. The summed E-state index contributed by atoms with van der Waals surface area (Å²) >= 11 is 1.18. The second-order valence-corrected chi connectivity index (χ2v) is 6.74. The molecule has 136 valence electrons. The number of aliphatic hydroxyl groups excluding tert-OH is 1. The summed E-state index contributed by atoms with van der Waals surface area (Å²) in [5.41, 5.74) is 0.718.